The van der Waals surface area contributed by atoms with Gasteiger partial charge in [0.15, 0.2) is 23.4 Å². The van der Waals surface area contributed by atoms with E-state index in [2.05, 4.69) is 160 Å². The quantitative estimate of drug-likeness (QED) is 0.0127. The molecule has 0 aromatic heterocycles. The summed E-state index contributed by atoms with van der Waals surface area (Å²) in [6, 6.07) is 0. The smallest absolute Gasteiger partial charge is 1.00 e. The van der Waals surface area contributed by atoms with Crippen molar-refractivity contribution < 1.29 is 146 Å². The molecule has 0 radical (unpaired) electrons. The van der Waals surface area contributed by atoms with Crippen molar-refractivity contribution in [1.29, 1.82) is 0 Å². The number of carbonyl (C=O) groups is 9. The van der Waals surface area contributed by atoms with Crippen molar-refractivity contribution in [1.82, 2.24) is 4.90 Å². The molecular weight excluding hydrogens is 1470 g/mol. The molecule has 0 fully saturated rings. The third-order valence-electron chi connectivity index (χ3n) is 18.5. The number of carbonyl (C=O) groups excluding carboxylic acids is 9. The predicted molar refractivity (Wildman–Crippen MR) is 441 cm³/mol. The summed E-state index contributed by atoms with van der Waals surface area (Å²) < 4.78 is 32.0. The summed E-state index contributed by atoms with van der Waals surface area (Å²) in [6.45, 7) is 38.1. The number of methoxy groups -OCH3 is 7. The Morgan fingerprint density at radius 1 is 0.441 bits per heavy atom. The molecule has 18 nitrogen and oxygen atoms in total. The van der Waals surface area contributed by atoms with Crippen molar-refractivity contribution in [2.24, 2.45) is 33.5 Å². The number of ketones is 2. The molecular formula is C90H131ClKMgNO17. The van der Waals surface area contributed by atoms with Crippen molar-refractivity contribution in [3.63, 3.8) is 0 Å². The molecule has 4 aliphatic carbocycles. The molecule has 0 amide bonds. The van der Waals surface area contributed by atoms with Crippen molar-refractivity contribution in [2.45, 2.75) is 195 Å². The maximum absolute atomic E-state index is 12.2. The number of halogens is 1. The zero-order valence-corrected chi connectivity index (χ0v) is 77.9. The van der Waals surface area contributed by atoms with Gasteiger partial charge in [-0.1, -0.05) is 197 Å². The van der Waals surface area contributed by atoms with E-state index in [1.54, 1.807) is 61.4 Å². The molecule has 0 spiro atoms. The van der Waals surface area contributed by atoms with Gasteiger partial charge >= 0.3 is 116 Å². The Kier molecular flexibility index (Phi) is 61.4. The predicted octanol–water partition coefficient (Wildman–Crippen LogP) is 12.8. The summed E-state index contributed by atoms with van der Waals surface area (Å²) in [4.78, 5) is 105. The number of rotatable bonds is 24. The van der Waals surface area contributed by atoms with Crippen molar-refractivity contribution >= 4 is 76.4 Å². The summed E-state index contributed by atoms with van der Waals surface area (Å²) >= 11 is 0. The summed E-state index contributed by atoms with van der Waals surface area (Å²) in [5.74, 6) is -6.66. The first-order valence-electron chi connectivity index (χ1n) is 36.1. The molecule has 0 unspecified atom stereocenters. The second kappa shape index (κ2) is 59.1. The average Bonchev–Trinajstić information content (AvgIpc) is 0.838. The van der Waals surface area contributed by atoms with Crippen LogP contribution < -0.4 is 63.8 Å². The van der Waals surface area contributed by atoms with Crippen LogP contribution >= 0.6 is 0 Å². The van der Waals surface area contributed by atoms with E-state index in [9.17, 15) is 43.2 Å². The second-order valence-electron chi connectivity index (χ2n) is 29.7. The Labute approximate surface area is 732 Å². The summed E-state index contributed by atoms with van der Waals surface area (Å²) in [7, 11) is 12.3. The molecule has 21 heteroatoms. The van der Waals surface area contributed by atoms with E-state index in [0.717, 1.165) is 42.4 Å². The molecule has 1 N–H and O–H groups in total. The fourth-order valence-electron chi connectivity index (χ4n) is 12.2. The van der Waals surface area contributed by atoms with E-state index < -0.39 is 47.7 Å². The number of nitrogens with zero attached hydrogens (tertiary/aromatic N) is 1. The molecule has 0 heterocycles. The van der Waals surface area contributed by atoms with Crippen LogP contribution in [0.2, 0.25) is 0 Å². The second-order valence-corrected chi connectivity index (χ2v) is 29.7. The molecule has 0 aromatic rings. The molecule has 0 aromatic carbocycles. The summed E-state index contributed by atoms with van der Waals surface area (Å²) in [6.07, 6.45) is 52.9. The summed E-state index contributed by atoms with van der Waals surface area (Å²) in [5, 5.41) is 0. The number of esters is 7. The zero-order chi connectivity index (χ0) is 81.3. The van der Waals surface area contributed by atoms with Crippen LogP contribution in [0.15, 0.2) is 212 Å². The molecule has 0 saturated heterocycles. The molecule has 608 valence electrons. The van der Waals surface area contributed by atoms with Gasteiger partial charge in [-0.25, -0.2) is 14.4 Å². The fourth-order valence-corrected chi connectivity index (χ4v) is 12.2. The average molecular weight is 1600 g/mol. The maximum atomic E-state index is 12.2. The van der Waals surface area contributed by atoms with E-state index in [-0.39, 0.29) is 145 Å². The van der Waals surface area contributed by atoms with Crippen LogP contribution in [0.5, 0.6) is 0 Å². The molecule has 111 heavy (non-hydrogen) atoms. The van der Waals surface area contributed by atoms with Crippen LogP contribution in [-0.2, 0) is 76.3 Å². The van der Waals surface area contributed by atoms with Crippen molar-refractivity contribution in [3.8, 4) is 0 Å². The fraction of sp³-hybridized carbons (Fsp3) is 0.489. The van der Waals surface area contributed by atoms with Crippen LogP contribution in [-0.4, -0.2) is 151 Å². The SMILES string of the molecule is CC(=O)/C=C/C1=C(C)CCCC1(C)C.COC(=O)/C=C/C(C)=C/C=C(C)/C=C/C1=C(C)CCCC1(C)C.COC(=O)C(/C=C(C)/C=C/C(=O)/C=C/C1=C(C)CCCC1(C)C)C(=O)OC.COC(=O)C(/C=C(C)/C=C/C(C)=C/C=C1/C(C)=CCCC1(C)C)C(=O)OC.COC(=O)C(=C/C=C/N(C)C)C(=O)OC.[CH3-].[Cl-].[K+].[Mg+2].[OH-]. The minimum absolute atomic E-state index is 0. The van der Waals surface area contributed by atoms with Crippen LogP contribution in [0.3, 0.4) is 0 Å². The van der Waals surface area contributed by atoms with Gasteiger partial charge in [-0.2, -0.15) is 0 Å². The molecule has 4 aliphatic rings. The van der Waals surface area contributed by atoms with Crippen LogP contribution in [0.25, 0.3) is 0 Å². The molecule has 0 bridgehead atoms. The summed E-state index contributed by atoms with van der Waals surface area (Å²) in [5.41, 5.74) is 16.3. The van der Waals surface area contributed by atoms with Gasteiger partial charge in [-0.3, -0.25) is 28.8 Å². The van der Waals surface area contributed by atoms with Crippen molar-refractivity contribution in [3.05, 3.63) is 219 Å². The first kappa shape index (κ1) is 115. The van der Waals surface area contributed by atoms with Gasteiger partial charge < -0.3 is 63.4 Å². The molecule has 0 atom stereocenters. The third kappa shape index (κ3) is 45.2. The van der Waals surface area contributed by atoms with Gasteiger partial charge in [0.1, 0.15) is 5.57 Å². The Morgan fingerprint density at radius 2 is 0.793 bits per heavy atom. The van der Waals surface area contributed by atoms with Crippen LogP contribution in [0.4, 0.5) is 0 Å². The molecule has 0 saturated carbocycles. The molecule has 0 aliphatic heterocycles. The first-order chi connectivity index (χ1) is 49.4. The van der Waals surface area contributed by atoms with Gasteiger partial charge in [-0.05, 0) is 220 Å². The monoisotopic (exact) mass is 1600 g/mol. The van der Waals surface area contributed by atoms with Gasteiger partial charge in [0.05, 0.1) is 49.8 Å². The zero-order valence-electron chi connectivity index (χ0n) is 72.6. The normalized spacial score (nSPS) is 17.1. The minimum Gasteiger partial charge on any atom is -1.00 e. The van der Waals surface area contributed by atoms with E-state index in [4.69, 9.17) is 0 Å². The minimum atomic E-state index is -1.15. The van der Waals surface area contributed by atoms with E-state index >= 15 is 0 Å². The van der Waals surface area contributed by atoms with E-state index in [1.165, 1.54) is 169 Å². The van der Waals surface area contributed by atoms with Gasteiger partial charge in [0, 0.05) is 20.2 Å². The van der Waals surface area contributed by atoms with Crippen molar-refractivity contribution in [2.75, 3.05) is 63.9 Å². The van der Waals surface area contributed by atoms with Crippen LogP contribution in [0, 0.1) is 40.9 Å². The standard InChI is InChI=1S/C23H32O4.C22H30O5.C21H30O2.C13H20O.C10H15NO4.CH3.ClH.K.Mg.H2O/c1-16(12-13-20-18(3)9-8-14-23(20,4)5)10-11-17(2)15-19(21(24)26-6)22(25)27-7;1-15(14-18(20(24)26-5)21(25)27-6)9-10-17(23)11-12-19-16(2)8-7-13-22(19,3)4;1-16(9-10-17(2)12-14-20(22)23-6)11-13-19-18(3)8-7-15-21(19,4)5;1-10-6-5-9-13(3,4)12(10)8-7-11(2)14;1-11(2)7-5-6-8(9(12)14-3)10(13)15-4;;;;;/h9-13,15,19H,8,14H2,1-7H3;9-12,14,18H,7-8,13H2,1-6H3;9-14H,7-8,15H2,1-6H3;7-8H,5-6,9H2,1-4H3;5-7H,1-4H3;1H3;1H;;;1H2/q;;;;;-1;;+1;+2;/p-2/b11-10+,16-12+,17-15+,20-13-;10-9+,12-11+,15-14+;13-11+,14-12+,16-9+,17-10+;8-7+;7-5+;;;;;. The number of hydrogen-bond acceptors (Lipinski definition) is 18. The van der Waals surface area contributed by atoms with Crippen LogP contribution in [0.1, 0.15) is 195 Å². The number of allylic oxidation sites excluding steroid dienone is 31. The van der Waals surface area contributed by atoms with Gasteiger partial charge in [-0.15, -0.1) is 0 Å². The first-order valence-corrected chi connectivity index (χ1v) is 36.1. The largest absolute Gasteiger partial charge is 2.00 e. The number of ether oxygens (including phenoxy) is 7. The Morgan fingerprint density at radius 3 is 1.14 bits per heavy atom. The molecule has 4 rings (SSSR count). The Bertz CT molecular complexity index is 3640. The maximum Gasteiger partial charge on any atom is 2.00 e. The Balaban J connectivity index is -0.000000314. The number of hydrogen-bond donors (Lipinski definition) is 0. The van der Waals surface area contributed by atoms with E-state index in [0.29, 0.717) is 5.57 Å². The van der Waals surface area contributed by atoms with Gasteiger partial charge in [0.2, 0.25) is 0 Å². The van der Waals surface area contributed by atoms with E-state index in [1.807, 2.05) is 65.2 Å². The Hall–Kier alpha value is -6.60. The third-order valence-corrected chi connectivity index (χ3v) is 18.5. The topological polar surface area (TPSA) is 251 Å². The van der Waals surface area contributed by atoms with Gasteiger partial charge in [0.25, 0.3) is 0 Å².